The molecule has 2 aromatic carbocycles. The average molecular weight is 324 g/mol. The van der Waals surface area contributed by atoms with Crippen LogP contribution in [-0.2, 0) is 10.5 Å². The molecule has 0 aliphatic rings. The average Bonchev–Trinajstić information content (AvgIpc) is 2.45. The number of rotatable bonds is 5. The van der Waals surface area contributed by atoms with Gasteiger partial charge in [0.15, 0.2) is 5.70 Å². The number of fused-ring (bicyclic) bond motifs is 1. The standard InChI is InChI=1S/C14H14ClN3O2S/c15-11-4-3-9-5-8(1-2-10(9)6-11)7-21-13(16)12(18-17)14(19)20/h1-6,18H,7,16-17H2,(H,19,20)/b13-12+. The molecule has 0 saturated carbocycles. The molecule has 6 N–H and O–H groups in total. The topological polar surface area (TPSA) is 101 Å². The molecule has 0 saturated heterocycles. The number of nitrogens with one attached hydrogen (secondary N) is 1. The van der Waals surface area contributed by atoms with Gasteiger partial charge in [-0.2, -0.15) is 0 Å². The molecule has 0 aromatic heterocycles. The van der Waals surface area contributed by atoms with Crippen molar-refractivity contribution in [3.63, 3.8) is 0 Å². The molecule has 2 rings (SSSR count). The minimum Gasteiger partial charge on any atom is -0.476 e. The number of hydrogen-bond acceptors (Lipinski definition) is 5. The van der Waals surface area contributed by atoms with Gasteiger partial charge < -0.3 is 16.3 Å². The first-order valence-electron chi connectivity index (χ1n) is 6.02. The molecule has 0 aliphatic carbocycles. The Labute approximate surface area is 130 Å². The van der Waals surface area contributed by atoms with Gasteiger partial charge in [-0.05, 0) is 28.5 Å². The van der Waals surface area contributed by atoms with E-state index in [2.05, 4.69) is 5.43 Å². The first kappa shape index (κ1) is 15.5. The first-order chi connectivity index (χ1) is 10.0. The number of carboxylic acid groups (broad SMARTS) is 1. The van der Waals surface area contributed by atoms with Gasteiger partial charge in [-0.25, -0.2) is 4.79 Å². The fourth-order valence-electron chi connectivity index (χ4n) is 1.83. The summed E-state index contributed by atoms with van der Waals surface area (Å²) in [5.74, 6) is 4.50. The zero-order valence-corrected chi connectivity index (χ0v) is 12.5. The Morgan fingerprint density at radius 2 is 1.90 bits per heavy atom. The van der Waals surface area contributed by atoms with E-state index >= 15 is 0 Å². The van der Waals surface area contributed by atoms with Crippen LogP contribution in [0.3, 0.4) is 0 Å². The second-order valence-corrected chi connectivity index (χ2v) is 5.76. The number of hydrazine groups is 1. The van der Waals surface area contributed by atoms with Crippen molar-refractivity contribution in [2.45, 2.75) is 5.75 Å². The predicted octanol–water partition coefficient (Wildman–Crippen LogP) is 2.40. The number of aliphatic carboxylic acids is 1. The van der Waals surface area contributed by atoms with Gasteiger partial charge in [-0.3, -0.25) is 5.84 Å². The van der Waals surface area contributed by atoms with E-state index in [1.165, 1.54) is 11.8 Å². The third-order valence-electron chi connectivity index (χ3n) is 2.87. The maximum atomic E-state index is 10.9. The number of carboxylic acids is 1. The van der Waals surface area contributed by atoms with Crippen LogP contribution in [0.4, 0.5) is 0 Å². The van der Waals surface area contributed by atoms with Crippen molar-refractivity contribution in [2.24, 2.45) is 11.6 Å². The van der Waals surface area contributed by atoms with Crippen LogP contribution in [-0.4, -0.2) is 11.1 Å². The fourth-order valence-corrected chi connectivity index (χ4v) is 2.80. The van der Waals surface area contributed by atoms with Crippen molar-refractivity contribution in [2.75, 3.05) is 0 Å². The van der Waals surface area contributed by atoms with Crippen LogP contribution < -0.4 is 17.0 Å². The number of benzene rings is 2. The molecular weight excluding hydrogens is 310 g/mol. The highest BCUT2D eigenvalue weighted by Crippen LogP contribution is 2.24. The van der Waals surface area contributed by atoms with Crippen molar-refractivity contribution in [1.29, 1.82) is 0 Å². The molecule has 0 spiro atoms. The van der Waals surface area contributed by atoms with Crippen molar-refractivity contribution >= 4 is 40.1 Å². The summed E-state index contributed by atoms with van der Waals surface area (Å²) in [7, 11) is 0. The van der Waals surface area contributed by atoms with Crippen LogP contribution >= 0.6 is 23.4 Å². The van der Waals surface area contributed by atoms with Gasteiger partial charge in [0.2, 0.25) is 0 Å². The smallest absolute Gasteiger partial charge is 0.356 e. The minimum atomic E-state index is -1.18. The summed E-state index contributed by atoms with van der Waals surface area (Å²) >= 11 is 7.15. The molecule has 110 valence electrons. The van der Waals surface area contributed by atoms with E-state index in [1.807, 2.05) is 36.4 Å². The summed E-state index contributed by atoms with van der Waals surface area (Å²) in [6, 6.07) is 11.6. The molecule has 0 bridgehead atoms. The number of nitrogens with two attached hydrogens (primary N) is 2. The maximum Gasteiger partial charge on any atom is 0.356 e. The van der Waals surface area contributed by atoms with Gasteiger partial charge in [-0.1, -0.05) is 35.9 Å². The number of hydrogen-bond donors (Lipinski definition) is 4. The molecule has 0 fully saturated rings. The van der Waals surface area contributed by atoms with Crippen LogP contribution in [0.2, 0.25) is 5.02 Å². The molecule has 0 heterocycles. The lowest BCUT2D eigenvalue weighted by atomic mass is 10.1. The molecule has 7 heteroatoms. The van der Waals surface area contributed by atoms with Gasteiger partial charge in [-0.15, -0.1) is 11.8 Å². The molecule has 5 nitrogen and oxygen atoms in total. The lowest BCUT2D eigenvalue weighted by molar-refractivity contribution is -0.133. The van der Waals surface area contributed by atoms with Crippen LogP contribution in [0.5, 0.6) is 0 Å². The van der Waals surface area contributed by atoms with Gasteiger partial charge in [0.1, 0.15) is 0 Å². The lowest BCUT2D eigenvalue weighted by Crippen LogP contribution is -2.29. The second kappa shape index (κ2) is 6.71. The normalized spacial score (nSPS) is 12.1. The van der Waals surface area contributed by atoms with Crippen LogP contribution in [0.25, 0.3) is 10.8 Å². The molecule has 0 aliphatic heterocycles. The zero-order valence-electron chi connectivity index (χ0n) is 11.0. The van der Waals surface area contributed by atoms with E-state index in [0.717, 1.165) is 16.3 Å². The largest absolute Gasteiger partial charge is 0.476 e. The van der Waals surface area contributed by atoms with Crippen LogP contribution in [0.15, 0.2) is 47.1 Å². The summed E-state index contributed by atoms with van der Waals surface area (Å²) in [6.07, 6.45) is 0. The van der Waals surface area contributed by atoms with Gasteiger partial charge in [0.25, 0.3) is 0 Å². The fraction of sp³-hybridized carbons (Fsp3) is 0.0714. The van der Waals surface area contributed by atoms with Gasteiger partial charge in [0.05, 0.1) is 5.03 Å². The summed E-state index contributed by atoms with van der Waals surface area (Å²) in [5.41, 5.74) is 8.63. The Balaban J connectivity index is 2.17. The summed E-state index contributed by atoms with van der Waals surface area (Å²) in [6.45, 7) is 0. The summed E-state index contributed by atoms with van der Waals surface area (Å²) in [4.78, 5) is 10.9. The summed E-state index contributed by atoms with van der Waals surface area (Å²) in [5, 5.41) is 11.8. The third-order valence-corrected chi connectivity index (χ3v) is 4.09. The number of carbonyl (C=O) groups is 1. The van der Waals surface area contributed by atoms with E-state index in [-0.39, 0.29) is 10.7 Å². The Morgan fingerprint density at radius 1 is 1.24 bits per heavy atom. The van der Waals surface area contributed by atoms with E-state index < -0.39 is 5.97 Å². The van der Waals surface area contributed by atoms with Crippen LogP contribution in [0.1, 0.15) is 5.56 Å². The Hall–Kier alpha value is -1.89. The van der Waals surface area contributed by atoms with E-state index in [1.54, 1.807) is 0 Å². The Bertz CT molecular complexity index is 718. The molecule has 0 amide bonds. The molecule has 2 aromatic rings. The SMILES string of the molecule is NN/C(C(=O)O)=C(\N)SCc1ccc2cc(Cl)ccc2c1. The van der Waals surface area contributed by atoms with Crippen molar-refractivity contribution in [3.05, 3.63) is 57.7 Å². The minimum absolute atomic E-state index is 0.140. The van der Waals surface area contributed by atoms with Gasteiger partial charge >= 0.3 is 5.97 Å². The van der Waals surface area contributed by atoms with Crippen molar-refractivity contribution in [3.8, 4) is 0 Å². The quantitative estimate of drug-likeness (QED) is 0.383. The number of halogens is 1. The highest BCUT2D eigenvalue weighted by atomic mass is 35.5. The highest BCUT2D eigenvalue weighted by Gasteiger charge is 2.11. The monoisotopic (exact) mass is 323 g/mol. The first-order valence-corrected chi connectivity index (χ1v) is 7.38. The summed E-state index contributed by atoms with van der Waals surface area (Å²) < 4.78 is 0. The number of thioether (sulfide) groups is 1. The lowest BCUT2D eigenvalue weighted by Gasteiger charge is -2.08. The van der Waals surface area contributed by atoms with Crippen LogP contribution in [0, 0.1) is 0 Å². The second-order valence-electron chi connectivity index (χ2n) is 4.30. The van der Waals surface area contributed by atoms with Gasteiger partial charge in [0, 0.05) is 10.8 Å². The molecule has 21 heavy (non-hydrogen) atoms. The molecular formula is C14H14ClN3O2S. The zero-order chi connectivity index (χ0) is 15.4. The van der Waals surface area contributed by atoms with Crippen molar-refractivity contribution in [1.82, 2.24) is 5.43 Å². The van der Waals surface area contributed by atoms with Crippen molar-refractivity contribution < 1.29 is 9.90 Å². The molecule has 0 atom stereocenters. The maximum absolute atomic E-state index is 10.9. The predicted molar refractivity (Wildman–Crippen MR) is 86.4 cm³/mol. The highest BCUT2D eigenvalue weighted by molar-refractivity contribution is 8.02. The third kappa shape index (κ3) is 3.81. The van der Waals surface area contributed by atoms with E-state index in [0.29, 0.717) is 10.8 Å². The molecule has 0 unspecified atom stereocenters. The Morgan fingerprint density at radius 3 is 2.57 bits per heavy atom. The molecule has 0 radical (unpaired) electrons. The van der Waals surface area contributed by atoms with E-state index in [4.69, 9.17) is 28.3 Å². The van der Waals surface area contributed by atoms with E-state index in [9.17, 15) is 4.79 Å². The Kier molecular flexibility index (Phi) is 4.95.